The molecule has 1 saturated carbocycles. The van der Waals surface area contributed by atoms with E-state index in [1.165, 1.54) is 0 Å². The molecule has 0 unspecified atom stereocenters. The molecule has 22 heavy (non-hydrogen) atoms. The molecule has 1 fully saturated rings. The zero-order valence-electron chi connectivity index (χ0n) is 11.6. The molecule has 2 aromatic carbocycles. The number of para-hydroxylation sites is 1. The largest absolute Gasteiger partial charge is 0.270 e. The molecule has 6 heteroatoms. The molecule has 1 aliphatic heterocycles. The highest BCUT2D eigenvalue weighted by Gasteiger charge is 2.54. The number of anilines is 1. The van der Waals surface area contributed by atoms with Gasteiger partial charge in [-0.2, -0.15) is 0 Å². The van der Waals surface area contributed by atoms with E-state index in [1.807, 2.05) is 12.1 Å². The van der Waals surface area contributed by atoms with Gasteiger partial charge in [0.25, 0.3) is 10.0 Å². The fourth-order valence-electron chi connectivity index (χ4n) is 3.22. The van der Waals surface area contributed by atoms with Crippen molar-refractivity contribution >= 4 is 15.7 Å². The van der Waals surface area contributed by atoms with Gasteiger partial charge >= 0.3 is 0 Å². The summed E-state index contributed by atoms with van der Waals surface area (Å²) in [6, 6.07) is 10.3. The van der Waals surface area contributed by atoms with E-state index in [0.29, 0.717) is 5.69 Å². The van der Waals surface area contributed by atoms with Gasteiger partial charge in [0, 0.05) is 12.0 Å². The van der Waals surface area contributed by atoms with Crippen molar-refractivity contribution in [2.24, 2.45) is 0 Å². The van der Waals surface area contributed by atoms with Gasteiger partial charge in [0.05, 0.1) is 5.69 Å². The van der Waals surface area contributed by atoms with Crippen molar-refractivity contribution in [3.63, 3.8) is 0 Å². The van der Waals surface area contributed by atoms with Gasteiger partial charge in [0.2, 0.25) is 0 Å². The Hall–Kier alpha value is -1.95. The molecule has 0 radical (unpaired) electrons. The Kier molecular flexibility index (Phi) is 2.67. The quantitative estimate of drug-likeness (QED) is 0.852. The third-order valence-corrected chi connectivity index (χ3v) is 6.32. The van der Waals surface area contributed by atoms with Crippen molar-refractivity contribution in [1.29, 1.82) is 0 Å². The van der Waals surface area contributed by atoms with E-state index >= 15 is 0 Å². The number of hydrogen-bond donors (Lipinski definition) is 0. The molecule has 1 spiro atoms. The number of hydrogen-bond acceptors (Lipinski definition) is 2. The highest BCUT2D eigenvalue weighted by molar-refractivity contribution is 7.92. The number of halogens is 2. The smallest absolute Gasteiger partial charge is 0.265 e. The van der Waals surface area contributed by atoms with Crippen LogP contribution < -0.4 is 4.31 Å². The van der Waals surface area contributed by atoms with Crippen LogP contribution in [0, 0.1) is 11.6 Å². The molecule has 4 rings (SSSR count). The Labute approximate surface area is 127 Å². The van der Waals surface area contributed by atoms with Gasteiger partial charge in [0.15, 0.2) is 4.90 Å². The second kappa shape index (κ2) is 4.29. The maximum atomic E-state index is 13.9. The third kappa shape index (κ3) is 1.73. The summed E-state index contributed by atoms with van der Waals surface area (Å²) < 4.78 is 54.6. The first-order valence-corrected chi connectivity index (χ1v) is 8.46. The summed E-state index contributed by atoms with van der Waals surface area (Å²) in [6.07, 6.45) is 1.80. The Balaban J connectivity index is 1.90. The average Bonchev–Trinajstić information content (AvgIpc) is 3.16. The van der Waals surface area contributed by atoms with Crippen molar-refractivity contribution in [3.05, 3.63) is 59.7 Å². The van der Waals surface area contributed by atoms with Crippen molar-refractivity contribution in [2.75, 3.05) is 10.8 Å². The summed E-state index contributed by atoms with van der Waals surface area (Å²) in [5.74, 6) is -2.12. The Morgan fingerprint density at radius 2 is 1.59 bits per heavy atom. The lowest BCUT2D eigenvalue weighted by molar-refractivity contribution is 0.517. The van der Waals surface area contributed by atoms with Crippen LogP contribution in [0.1, 0.15) is 18.4 Å². The second-order valence-electron chi connectivity index (χ2n) is 5.86. The lowest BCUT2D eigenvalue weighted by Crippen LogP contribution is -2.32. The molecule has 2 aromatic rings. The molecule has 1 heterocycles. The minimum Gasteiger partial charge on any atom is -0.265 e. The molecule has 0 amide bonds. The monoisotopic (exact) mass is 321 g/mol. The van der Waals surface area contributed by atoms with Crippen LogP contribution in [-0.4, -0.2) is 15.0 Å². The fraction of sp³-hybridized carbons (Fsp3) is 0.250. The molecule has 0 N–H and O–H groups in total. The van der Waals surface area contributed by atoms with Crippen LogP contribution in [0.25, 0.3) is 0 Å². The zero-order valence-corrected chi connectivity index (χ0v) is 12.4. The van der Waals surface area contributed by atoms with Crippen molar-refractivity contribution in [3.8, 4) is 0 Å². The van der Waals surface area contributed by atoms with Crippen LogP contribution in [0.2, 0.25) is 0 Å². The van der Waals surface area contributed by atoms with Crippen molar-refractivity contribution in [1.82, 2.24) is 0 Å². The topological polar surface area (TPSA) is 37.4 Å². The second-order valence-corrected chi connectivity index (χ2v) is 7.66. The van der Waals surface area contributed by atoms with Gasteiger partial charge in [0.1, 0.15) is 11.6 Å². The molecular formula is C16H13F2NO2S. The van der Waals surface area contributed by atoms with Gasteiger partial charge in [-0.25, -0.2) is 17.2 Å². The summed E-state index contributed by atoms with van der Waals surface area (Å²) in [4.78, 5) is -0.873. The molecule has 0 aromatic heterocycles. The first kappa shape index (κ1) is 13.7. The van der Waals surface area contributed by atoms with E-state index in [9.17, 15) is 17.2 Å². The number of benzene rings is 2. The lowest BCUT2D eigenvalue weighted by Gasteiger charge is -2.20. The number of nitrogens with zero attached hydrogens (tertiary/aromatic N) is 1. The van der Waals surface area contributed by atoms with Gasteiger partial charge in [-0.15, -0.1) is 0 Å². The van der Waals surface area contributed by atoms with Crippen molar-refractivity contribution < 1.29 is 17.2 Å². The summed E-state index contributed by atoms with van der Waals surface area (Å²) in [5.41, 5.74) is 1.31. The fourth-order valence-corrected chi connectivity index (χ4v) is 4.90. The molecule has 0 bridgehead atoms. The van der Waals surface area contributed by atoms with Crippen LogP contribution in [0.15, 0.2) is 47.4 Å². The van der Waals surface area contributed by atoms with Gasteiger partial charge < -0.3 is 0 Å². The van der Waals surface area contributed by atoms with E-state index in [-0.39, 0.29) is 12.0 Å². The zero-order chi connectivity index (χ0) is 15.5. The van der Waals surface area contributed by atoms with E-state index in [1.54, 1.807) is 12.1 Å². The Morgan fingerprint density at radius 1 is 0.955 bits per heavy atom. The Bertz CT molecular complexity index is 855. The van der Waals surface area contributed by atoms with Crippen LogP contribution >= 0.6 is 0 Å². The van der Waals surface area contributed by atoms with E-state index < -0.39 is 26.6 Å². The first-order valence-electron chi connectivity index (χ1n) is 7.02. The van der Waals surface area contributed by atoms with Crippen molar-refractivity contribution in [2.45, 2.75) is 23.2 Å². The third-order valence-electron chi connectivity index (χ3n) is 4.51. The highest BCUT2D eigenvalue weighted by Crippen LogP contribution is 2.57. The van der Waals surface area contributed by atoms with Crippen LogP contribution in [-0.2, 0) is 15.4 Å². The number of fused-ring (bicyclic) bond motifs is 2. The summed E-state index contributed by atoms with van der Waals surface area (Å²) in [7, 11) is -4.26. The minimum atomic E-state index is -4.26. The van der Waals surface area contributed by atoms with E-state index in [2.05, 4.69) is 0 Å². The van der Waals surface area contributed by atoms with Crippen LogP contribution in [0.5, 0.6) is 0 Å². The first-order chi connectivity index (χ1) is 10.5. The standard InChI is InChI=1S/C16H13F2NO2S/c17-12-5-3-6-13(18)15(12)22(20,21)19-10-16(8-9-16)11-4-1-2-7-14(11)19/h1-7H,8-10H2. The predicted molar refractivity (Wildman–Crippen MR) is 78.2 cm³/mol. The maximum Gasteiger partial charge on any atom is 0.270 e. The summed E-state index contributed by atoms with van der Waals surface area (Å²) in [6.45, 7) is 0.252. The molecular weight excluding hydrogens is 308 g/mol. The molecule has 114 valence electrons. The van der Waals surface area contributed by atoms with Gasteiger partial charge in [-0.1, -0.05) is 24.3 Å². The number of sulfonamides is 1. The predicted octanol–water partition coefficient (Wildman–Crippen LogP) is 3.21. The summed E-state index contributed by atoms with van der Waals surface area (Å²) in [5, 5.41) is 0. The van der Waals surface area contributed by atoms with Crippen LogP contribution in [0.3, 0.4) is 0 Å². The van der Waals surface area contributed by atoms with Crippen LogP contribution in [0.4, 0.5) is 14.5 Å². The summed E-state index contributed by atoms with van der Waals surface area (Å²) >= 11 is 0. The van der Waals surface area contributed by atoms with E-state index in [0.717, 1.165) is 40.9 Å². The molecule has 0 saturated heterocycles. The SMILES string of the molecule is O=S(=O)(c1c(F)cccc1F)N1CC2(CC2)c2ccccc21. The number of rotatable bonds is 2. The van der Waals surface area contributed by atoms with Gasteiger partial charge in [-0.05, 0) is 36.6 Å². The maximum absolute atomic E-state index is 13.9. The average molecular weight is 321 g/mol. The minimum absolute atomic E-state index is 0.175. The van der Waals surface area contributed by atoms with Gasteiger partial charge in [-0.3, -0.25) is 4.31 Å². The normalized spacial score (nSPS) is 18.5. The molecule has 3 nitrogen and oxygen atoms in total. The molecule has 0 atom stereocenters. The highest BCUT2D eigenvalue weighted by atomic mass is 32.2. The Morgan fingerprint density at radius 3 is 2.23 bits per heavy atom. The molecule has 1 aliphatic carbocycles. The van der Waals surface area contributed by atoms with E-state index in [4.69, 9.17) is 0 Å². The molecule has 2 aliphatic rings. The lowest BCUT2D eigenvalue weighted by atomic mass is 9.99.